The van der Waals surface area contributed by atoms with Crippen LogP contribution in [0.3, 0.4) is 0 Å². The second kappa shape index (κ2) is 4.65. The first-order valence-corrected chi connectivity index (χ1v) is 8.19. The van der Waals surface area contributed by atoms with Gasteiger partial charge in [-0.25, -0.2) is 4.98 Å². The predicted octanol–water partition coefficient (Wildman–Crippen LogP) is 4.67. The summed E-state index contributed by atoms with van der Waals surface area (Å²) in [5, 5.41) is 1.06. The van der Waals surface area contributed by atoms with Gasteiger partial charge in [-0.1, -0.05) is 30.3 Å². The van der Waals surface area contributed by atoms with Crippen molar-refractivity contribution in [3.63, 3.8) is 0 Å². The van der Waals surface area contributed by atoms with Crippen molar-refractivity contribution in [2.24, 2.45) is 0 Å². The van der Waals surface area contributed by atoms with Crippen molar-refractivity contribution in [1.29, 1.82) is 0 Å². The molecule has 4 heteroatoms. The Kier molecular flexibility index (Phi) is 2.79. The van der Waals surface area contributed by atoms with E-state index in [1.165, 1.54) is 15.3 Å². The molecule has 1 aliphatic rings. The van der Waals surface area contributed by atoms with Crippen LogP contribution in [0.25, 0.3) is 21.8 Å². The minimum atomic E-state index is 0.783. The van der Waals surface area contributed by atoms with Crippen LogP contribution in [0.2, 0.25) is 0 Å². The number of anilines is 1. The van der Waals surface area contributed by atoms with Crippen molar-refractivity contribution in [3.05, 3.63) is 53.4 Å². The Morgan fingerprint density at radius 2 is 1.95 bits per heavy atom. The molecule has 2 N–H and O–H groups in total. The summed E-state index contributed by atoms with van der Waals surface area (Å²) in [6.07, 6.45) is 0. The summed E-state index contributed by atoms with van der Waals surface area (Å²) in [7, 11) is 0. The van der Waals surface area contributed by atoms with E-state index < -0.39 is 0 Å². The van der Waals surface area contributed by atoms with Crippen molar-refractivity contribution >= 4 is 28.8 Å². The van der Waals surface area contributed by atoms with Gasteiger partial charge in [-0.2, -0.15) is 0 Å². The van der Waals surface area contributed by atoms with Crippen LogP contribution in [0.15, 0.2) is 53.4 Å². The summed E-state index contributed by atoms with van der Waals surface area (Å²) in [4.78, 5) is 7.53. The van der Waals surface area contributed by atoms with Crippen molar-refractivity contribution < 1.29 is 0 Å². The van der Waals surface area contributed by atoms with Gasteiger partial charge in [-0.15, -0.1) is 23.1 Å². The van der Waals surface area contributed by atoms with Crippen molar-refractivity contribution in [2.45, 2.75) is 10.6 Å². The number of aromatic nitrogens is 1. The normalized spacial score (nSPS) is 12.8. The molecule has 0 unspecified atom stereocenters. The Hall–Kier alpha value is -1.78. The number of rotatable bonds is 1. The molecule has 1 aromatic heterocycles. The third-order valence-corrected chi connectivity index (χ3v) is 5.72. The van der Waals surface area contributed by atoms with E-state index >= 15 is 0 Å². The molecule has 0 saturated carbocycles. The van der Waals surface area contributed by atoms with Crippen LogP contribution < -0.4 is 5.73 Å². The van der Waals surface area contributed by atoms with Gasteiger partial charge in [0.2, 0.25) is 0 Å². The number of fused-ring (bicyclic) bond motifs is 3. The number of thiazole rings is 1. The van der Waals surface area contributed by atoms with Gasteiger partial charge in [0.1, 0.15) is 5.01 Å². The van der Waals surface area contributed by atoms with E-state index in [4.69, 9.17) is 10.7 Å². The van der Waals surface area contributed by atoms with Gasteiger partial charge in [-0.05, 0) is 18.2 Å². The number of nitrogen functional groups attached to an aromatic ring is 1. The van der Waals surface area contributed by atoms with Crippen LogP contribution in [-0.2, 0) is 5.75 Å². The van der Waals surface area contributed by atoms with Gasteiger partial charge < -0.3 is 5.73 Å². The van der Waals surface area contributed by atoms with E-state index in [2.05, 4.69) is 30.3 Å². The largest absolute Gasteiger partial charge is 0.399 e. The van der Waals surface area contributed by atoms with E-state index in [-0.39, 0.29) is 0 Å². The van der Waals surface area contributed by atoms with Crippen LogP contribution in [-0.4, -0.2) is 4.98 Å². The van der Waals surface area contributed by atoms with Crippen molar-refractivity contribution in [2.75, 3.05) is 5.73 Å². The molecule has 0 fully saturated rings. The molecule has 0 atom stereocenters. The van der Waals surface area contributed by atoms with Crippen molar-refractivity contribution in [1.82, 2.24) is 4.98 Å². The number of nitrogens with two attached hydrogens (primary N) is 1. The highest BCUT2D eigenvalue weighted by Crippen LogP contribution is 2.45. The quantitative estimate of drug-likeness (QED) is 0.663. The predicted molar refractivity (Wildman–Crippen MR) is 87.0 cm³/mol. The van der Waals surface area contributed by atoms with Gasteiger partial charge in [0.25, 0.3) is 0 Å². The van der Waals surface area contributed by atoms with Gasteiger partial charge >= 0.3 is 0 Å². The zero-order valence-electron chi connectivity index (χ0n) is 10.7. The highest BCUT2D eigenvalue weighted by molar-refractivity contribution is 7.98. The van der Waals surface area contributed by atoms with Crippen LogP contribution in [0.1, 0.15) is 4.88 Å². The average molecular weight is 296 g/mol. The van der Waals surface area contributed by atoms with Gasteiger partial charge in [0.05, 0.1) is 5.69 Å². The fraction of sp³-hybridized carbons (Fsp3) is 0.0625. The number of nitrogens with zero attached hydrogens (tertiary/aromatic N) is 1. The Morgan fingerprint density at radius 3 is 2.85 bits per heavy atom. The van der Waals surface area contributed by atoms with Crippen LogP contribution in [0.4, 0.5) is 5.69 Å². The second-order valence-electron chi connectivity index (χ2n) is 4.70. The molecule has 0 amide bonds. The van der Waals surface area contributed by atoms with Crippen LogP contribution in [0.5, 0.6) is 0 Å². The summed E-state index contributed by atoms with van der Waals surface area (Å²) in [5.74, 6) is 1.01. The molecular formula is C16H12N2S2. The SMILES string of the molecule is Nc1cccc(-c2nc3c(s2)CSc2ccccc2-3)c1. The molecule has 20 heavy (non-hydrogen) atoms. The molecule has 1 aliphatic heterocycles. The molecule has 2 nitrogen and oxygen atoms in total. The standard InChI is InChI=1S/C16H12N2S2/c17-11-5-3-4-10(8-11)16-18-15-12-6-1-2-7-13(12)19-9-14(15)20-16/h1-8H,9,17H2. The first-order chi connectivity index (χ1) is 9.81. The Morgan fingerprint density at radius 1 is 1.05 bits per heavy atom. The van der Waals surface area contributed by atoms with E-state index in [1.54, 1.807) is 11.3 Å². The molecule has 2 aromatic carbocycles. The highest BCUT2D eigenvalue weighted by Gasteiger charge is 2.21. The Balaban J connectivity index is 1.86. The third kappa shape index (κ3) is 1.92. The summed E-state index contributed by atoms with van der Waals surface area (Å²) in [6, 6.07) is 16.4. The minimum absolute atomic E-state index is 0.783. The molecule has 2 heterocycles. The van der Waals surface area contributed by atoms with E-state index in [1.807, 2.05) is 30.0 Å². The zero-order chi connectivity index (χ0) is 13.5. The fourth-order valence-electron chi connectivity index (χ4n) is 2.39. The molecule has 4 rings (SSSR count). The lowest BCUT2D eigenvalue weighted by Crippen LogP contribution is -1.92. The zero-order valence-corrected chi connectivity index (χ0v) is 12.3. The number of hydrogen-bond donors (Lipinski definition) is 1. The maximum absolute atomic E-state index is 5.87. The molecular weight excluding hydrogens is 284 g/mol. The Labute approximate surface area is 125 Å². The number of thioether (sulfide) groups is 1. The van der Waals surface area contributed by atoms with E-state index in [9.17, 15) is 0 Å². The number of hydrogen-bond acceptors (Lipinski definition) is 4. The lowest BCUT2D eigenvalue weighted by Gasteiger charge is -2.13. The van der Waals surface area contributed by atoms with Gasteiger partial charge in [-0.3, -0.25) is 0 Å². The van der Waals surface area contributed by atoms with E-state index in [0.29, 0.717) is 0 Å². The maximum Gasteiger partial charge on any atom is 0.124 e. The first-order valence-electron chi connectivity index (χ1n) is 6.39. The van der Waals surface area contributed by atoms with Gasteiger partial charge in [0, 0.05) is 32.3 Å². The summed E-state index contributed by atoms with van der Waals surface area (Å²) in [6.45, 7) is 0. The topological polar surface area (TPSA) is 38.9 Å². The summed E-state index contributed by atoms with van der Waals surface area (Å²) >= 11 is 3.66. The molecule has 0 radical (unpaired) electrons. The first kappa shape index (κ1) is 12.0. The molecule has 98 valence electrons. The lowest BCUT2D eigenvalue weighted by molar-refractivity contribution is 1.29. The molecule has 0 bridgehead atoms. The summed E-state index contributed by atoms with van der Waals surface area (Å²) in [5.41, 5.74) is 10.1. The second-order valence-corrected chi connectivity index (χ2v) is 6.80. The molecule has 3 aromatic rings. The minimum Gasteiger partial charge on any atom is -0.399 e. The van der Waals surface area contributed by atoms with Gasteiger partial charge in [0.15, 0.2) is 0 Å². The average Bonchev–Trinajstić information content (AvgIpc) is 2.92. The van der Waals surface area contributed by atoms with Crippen molar-refractivity contribution in [3.8, 4) is 21.8 Å². The summed E-state index contributed by atoms with van der Waals surface area (Å²) < 4.78 is 0. The maximum atomic E-state index is 5.87. The Bertz CT molecular complexity index is 793. The van der Waals surface area contributed by atoms with Crippen LogP contribution in [0, 0.1) is 0 Å². The van der Waals surface area contributed by atoms with E-state index in [0.717, 1.165) is 27.7 Å². The fourth-order valence-corrected chi connectivity index (χ4v) is 4.58. The molecule has 0 saturated heterocycles. The molecule has 0 spiro atoms. The third-order valence-electron chi connectivity index (χ3n) is 3.33. The number of benzene rings is 2. The smallest absolute Gasteiger partial charge is 0.124 e. The monoisotopic (exact) mass is 296 g/mol. The molecule has 0 aliphatic carbocycles. The van der Waals surface area contributed by atoms with Crippen LogP contribution >= 0.6 is 23.1 Å². The lowest BCUT2D eigenvalue weighted by atomic mass is 10.1. The highest BCUT2D eigenvalue weighted by atomic mass is 32.2.